The molecule has 0 saturated carbocycles. The van der Waals surface area contributed by atoms with Crippen molar-refractivity contribution in [2.75, 3.05) is 13.7 Å². The quantitative estimate of drug-likeness (QED) is 0.605. The van der Waals surface area contributed by atoms with Crippen molar-refractivity contribution in [1.29, 1.82) is 0 Å². The Morgan fingerprint density at radius 3 is 2.54 bits per heavy atom. The molecule has 0 bridgehead atoms. The molecule has 136 valence electrons. The fourth-order valence-electron chi connectivity index (χ4n) is 2.31. The Morgan fingerprint density at radius 2 is 1.85 bits per heavy atom. The number of tetrazole rings is 1. The van der Waals surface area contributed by atoms with Crippen LogP contribution in [0.15, 0.2) is 53.0 Å². The number of rotatable bonds is 8. The zero-order valence-electron chi connectivity index (χ0n) is 14.2. The van der Waals surface area contributed by atoms with E-state index in [1.807, 2.05) is 48.5 Å². The molecule has 0 unspecified atom stereocenters. The monoisotopic (exact) mass is 418 g/mol. The van der Waals surface area contributed by atoms with Gasteiger partial charge in [0.25, 0.3) is 0 Å². The van der Waals surface area contributed by atoms with Crippen LogP contribution < -0.4 is 4.74 Å². The fraction of sp³-hybridized carbons (Fsp3) is 0.278. The molecule has 1 N–H and O–H groups in total. The highest BCUT2D eigenvalue weighted by Gasteiger charge is 2.11. The largest absolute Gasteiger partial charge is 0.497 e. The first-order valence-electron chi connectivity index (χ1n) is 8.06. The van der Waals surface area contributed by atoms with Gasteiger partial charge in [-0.05, 0) is 47.2 Å². The molecule has 0 saturated heterocycles. The minimum absolute atomic E-state index is 0.182. The molecule has 2 aromatic carbocycles. The molecule has 0 aliphatic heterocycles. The van der Waals surface area contributed by atoms with Gasteiger partial charge in [0.1, 0.15) is 5.75 Å². The van der Waals surface area contributed by atoms with Gasteiger partial charge in [0.2, 0.25) is 5.82 Å². The smallest absolute Gasteiger partial charge is 0.204 e. The predicted molar refractivity (Wildman–Crippen MR) is 99.6 cm³/mol. The Bertz CT molecular complexity index is 821. The van der Waals surface area contributed by atoms with E-state index in [4.69, 9.17) is 9.47 Å². The number of methoxy groups -OCH3 is 1. The van der Waals surface area contributed by atoms with Crippen LogP contribution in [-0.4, -0.2) is 45.1 Å². The zero-order valence-corrected chi connectivity index (χ0v) is 15.8. The minimum atomic E-state index is -0.722. The topological polar surface area (TPSA) is 82.3 Å². The molecular weight excluding hydrogens is 400 g/mol. The lowest BCUT2D eigenvalue weighted by Crippen LogP contribution is -2.23. The number of hydrogen-bond acceptors (Lipinski definition) is 6. The van der Waals surface area contributed by atoms with E-state index in [0.717, 1.165) is 21.3 Å². The van der Waals surface area contributed by atoms with Crippen molar-refractivity contribution in [3.63, 3.8) is 0 Å². The molecule has 0 aliphatic carbocycles. The van der Waals surface area contributed by atoms with Crippen molar-refractivity contribution in [3.05, 3.63) is 58.6 Å². The van der Waals surface area contributed by atoms with Gasteiger partial charge in [0.05, 0.1) is 33.0 Å². The van der Waals surface area contributed by atoms with Crippen LogP contribution in [0.25, 0.3) is 11.4 Å². The van der Waals surface area contributed by atoms with Gasteiger partial charge < -0.3 is 14.6 Å². The van der Waals surface area contributed by atoms with Gasteiger partial charge in [-0.1, -0.05) is 28.1 Å². The standard InChI is InChI=1S/C18H19BrN4O3/c1-25-17-8-2-13(3-9-17)11-26-12-16(24)10-23-21-18(20-22-23)14-4-6-15(19)7-5-14/h2-9,16,24H,10-12H2,1H3/t16-/m1/s1. The van der Waals surface area contributed by atoms with E-state index in [1.165, 1.54) is 4.80 Å². The lowest BCUT2D eigenvalue weighted by molar-refractivity contribution is 0.0165. The molecule has 3 aromatic rings. The highest BCUT2D eigenvalue weighted by Crippen LogP contribution is 2.17. The van der Waals surface area contributed by atoms with E-state index in [1.54, 1.807) is 7.11 Å². The van der Waals surface area contributed by atoms with Gasteiger partial charge in [0, 0.05) is 10.0 Å². The number of aliphatic hydroxyl groups excluding tert-OH is 1. The molecule has 0 fully saturated rings. The van der Waals surface area contributed by atoms with Gasteiger partial charge >= 0.3 is 0 Å². The van der Waals surface area contributed by atoms with E-state index in [2.05, 4.69) is 31.3 Å². The summed E-state index contributed by atoms with van der Waals surface area (Å²) in [5.74, 6) is 1.32. The lowest BCUT2D eigenvalue weighted by atomic mass is 10.2. The molecule has 26 heavy (non-hydrogen) atoms. The SMILES string of the molecule is COc1ccc(COC[C@H](O)Cn2nnc(-c3ccc(Br)cc3)n2)cc1. The van der Waals surface area contributed by atoms with Crippen LogP contribution in [0.1, 0.15) is 5.56 Å². The summed E-state index contributed by atoms with van der Waals surface area (Å²) in [5, 5.41) is 22.4. The van der Waals surface area contributed by atoms with E-state index in [0.29, 0.717) is 12.4 Å². The number of aromatic nitrogens is 4. The first-order valence-corrected chi connectivity index (χ1v) is 8.86. The van der Waals surface area contributed by atoms with Crippen LogP contribution in [0.2, 0.25) is 0 Å². The van der Waals surface area contributed by atoms with Crippen molar-refractivity contribution in [2.45, 2.75) is 19.3 Å². The Kier molecular flexibility index (Phi) is 6.32. The summed E-state index contributed by atoms with van der Waals surface area (Å²) in [6, 6.07) is 15.2. The number of aliphatic hydroxyl groups is 1. The third kappa shape index (κ3) is 5.10. The molecule has 0 amide bonds. The van der Waals surface area contributed by atoms with Crippen LogP contribution >= 0.6 is 15.9 Å². The molecule has 1 aromatic heterocycles. The van der Waals surface area contributed by atoms with Crippen LogP contribution in [0.4, 0.5) is 0 Å². The molecule has 0 aliphatic rings. The summed E-state index contributed by atoms with van der Waals surface area (Å²) in [6.45, 7) is 0.809. The first kappa shape index (κ1) is 18.5. The Morgan fingerprint density at radius 1 is 1.12 bits per heavy atom. The second-order valence-corrected chi connectivity index (χ2v) is 6.61. The molecule has 1 heterocycles. The van der Waals surface area contributed by atoms with Gasteiger partial charge in [0.15, 0.2) is 0 Å². The van der Waals surface area contributed by atoms with E-state index >= 15 is 0 Å². The Labute approximate surface area is 159 Å². The average Bonchev–Trinajstić information content (AvgIpc) is 3.11. The second kappa shape index (κ2) is 8.88. The molecular formula is C18H19BrN4O3. The van der Waals surface area contributed by atoms with Crippen LogP contribution in [0.5, 0.6) is 5.75 Å². The Balaban J connectivity index is 1.47. The van der Waals surface area contributed by atoms with Gasteiger partial charge in [-0.2, -0.15) is 4.80 Å². The van der Waals surface area contributed by atoms with E-state index < -0.39 is 6.10 Å². The van der Waals surface area contributed by atoms with Gasteiger partial charge in [-0.15, -0.1) is 10.2 Å². The van der Waals surface area contributed by atoms with E-state index in [-0.39, 0.29) is 13.2 Å². The molecule has 0 radical (unpaired) electrons. The van der Waals surface area contributed by atoms with Crippen LogP contribution in [-0.2, 0) is 17.9 Å². The van der Waals surface area contributed by atoms with Crippen molar-refractivity contribution in [1.82, 2.24) is 20.2 Å². The highest BCUT2D eigenvalue weighted by atomic mass is 79.9. The number of halogens is 1. The molecule has 3 rings (SSSR count). The minimum Gasteiger partial charge on any atom is -0.497 e. The summed E-state index contributed by atoms with van der Waals surface area (Å²) < 4.78 is 11.6. The number of nitrogens with zero attached hydrogens (tertiary/aromatic N) is 4. The molecule has 0 spiro atoms. The fourth-order valence-corrected chi connectivity index (χ4v) is 2.58. The summed E-state index contributed by atoms with van der Waals surface area (Å²) in [7, 11) is 1.63. The summed E-state index contributed by atoms with van der Waals surface area (Å²) in [4.78, 5) is 1.37. The summed E-state index contributed by atoms with van der Waals surface area (Å²) >= 11 is 3.39. The summed E-state index contributed by atoms with van der Waals surface area (Å²) in [5.41, 5.74) is 1.87. The normalized spacial score (nSPS) is 12.1. The first-order chi connectivity index (χ1) is 12.6. The molecule has 8 heteroatoms. The molecule has 1 atom stereocenters. The number of benzene rings is 2. The van der Waals surface area contributed by atoms with Crippen molar-refractivity contribution in [3.8, 4) is 17.1 Å². The maximum absolute atomic E-state index is 10.1. The average molecular weight is 419 g/mol. The molecule has 7 nitrogen and oxygen atoms in total. The van der Waals surface area contributed by atoms with E-state index in [9.17, 15) is 5.11 Å². The lowest BCUT2D eigenvalue weighted by Gasteiger charge is -2.10. The third-order valence-electron chi connectivity index (χ3n) is 3.67. The highest BCUT2D eigenvalue weighted by molar-refractivity contribution is 9.10. The maximum atomic E-state index is 10.1. The third-order valence-corrected chi connectivity index (χ3v) is 4.20. The number of hydrogen-bond donors (Lipinski definition) is 1. The van der Waals surface area contributed by atoms with Crippen molar-refractivity contribution in [2.24, 2.45) is 0 Å². The number of ether oxygens (including phenoxy) is 2. The van der Waals surface area contributed by atoms with Crippen molar-refractivity contribution < 1.29 is 14.6 Å². The van der Waals surface area contributed by atoms with Gasteiger partial charge in [-0.25, -0.2) is 0 Å². The predicted octanol–water partition coefficient (Wildman–Crippen LogP) is 2.69. The Hall–Kier alpha value is -2.29. The summed E-state index contributed by atoms with van der Waals surface area (Å²) in [6.07, 6.45) is -0.722. The van der Waals surface area contributed by atoms with Crippen molar-refractivity contribution >= 4 is 15.9 Å². The zero-order chi connectivity index (χ0) is 18.4. The second-order valence-electron chi connectivity index (χ2n) is 5.69. The van der Waals surface area contributed by atoms with Crippen LogP contribution in [0, 0.1) is 0 Å². The van der Waals surface area contributed by atoms with Gasteiger partial charge in [-0.3, -0.25) is 0 Å². The van der Waals surface area contributed by atoms with Crippen LogP contribution in [0.3, 0.4) is 0 Å². The maximum Gasteiger partial charge on any atom is 0.204 e.